The van der Waals surface area contributed by atoms with Crippen molar-refractivity contribution in [2.45, 2.75) is 64.0 Å². The molecule has 0 radical (unpaired) electrons. The maximum Gasteiger partial charge on any atom is 0.186 e. The molecule has 4 atom stereocenters. The highest BCUT2D eigenvalue weighted by Gasteiger charge is 2.50. The van der Waals surface area contributed by atoms with Crippen LogP contribution >= 0.6 is 0 Å². The Hall–Kier alpha value is -0.200. The Morgan fingerprint density at radius 1 is 1.35 bits per heavy atom. The Morgan fingerprint density at radius 2 is 2.12 bits per heavy atom. The molecule has 17 heavy (non-hydrogen) atoms. The van der Waals surface area contributed by atoms with Crippen molar-refractivity contribution < 1.29 is 24.1 Å². The van der Waals surface area contributed by atoms with Gasteiger partial charge in [0.1, 0.15) is 18.3 Å². The predicted octanol–water partition coefficient (Wildman–Crippen LogP) is 1.04. The topological polar surface area (TPSA) is 57.2 Å². The van der Waals surface area contributed by atoms with Gasteiger partial charge in [-0.1, -0.05) is 13.3 Å². The maximum atomic E-state index is 10.1. The molecular weight excluding hydrogens is 224 g/mol. The molecule has 5 nitrogen and oxygen atoms in total. The van der Waals surface area contributed by atoms with Crippen LogP contribution in [-0.2, 0) is 18.9 Å². The van der Waals surface area contributed by atoms with E-state index < -0.39 is 18.2 Å². The number of rotatable bonds is 4. The number of aliphatic hydroxyl groups is 1. The van der Waals surface area contributed by atoms with Crippen molar-refractivity contribution in [1.82, 2.24) is 0 Å². The van der Waals surface area contributed by atoms with Crippen LogP contribution in [0, 0.1) is 0 Å². The van der Waals surface area contributed by atoms with Crippen molar-refractivity contribution in [3.63, 3.8) is 0 Å². The third-order valence-corrected chi connectivity index (χ3v) is 3.04. The average Bonchev–Trinajstić information content (AvgIpc) is 2.58. The molecule has 0 saturated carbocycles. The third-order valence-electron chi connectivity index (χ3n) is 3.04. The van der Waals surface area contributed by atoms with Crippen LogP contribution in [0.15, 0.2) is 0 Å². The van der Waals surface area contributed by atoms with Crippen molar-refractivity contribution in [1.29, 1.82) is 0 Å². The highest BCUT2D eigenvalue weighted by atomic mass is 16.8. The van der Waals surface area contributed by atoms with Crippen LogP contribution in [0.5, 0.6) is 0 Å². The molecule has 0 aromatic carbocycles. The molecule has 0 spiro atoms. The zero-order valence-corrected chi connectivity index (χ0v) is 10.7. The summed E-state index contributed by atoms with van der Waals surface area (Å²) in [5, 5.41) is 10.1. The van der Waals surface area contributed by atoms with Gasteiger partial charge in [-0.2, -0.15) is 0 Å². The lowest BCUT2D eigenvalue weighted by Gasteiger charge is -2.34. The molecule has 2 fully saturated rings. The molecule has 2 heterocycles. The molecule has 1 N–H and O–H groups in total. The molecule has 2 aliphatic rings. The van der Waals surface area contributed by atoms with Crippen LogP contribution in [-0.4, -0.2) is 48.7 Å². The molecule has 0 amide bonds. The fourth-order valence-corrected chi connectivity index (χ4v) is 2.22. The van der Waals surface area contributed by atoms with Crippen LogP contribution in [0.3, 0.4) is 0 Å². The van der Waals surface area contributed by atoms with Crippen LogP contribution in [0.1, 0.15) is 33.6 Å². The lowest BCUT2D eigenvalue weighted by atomic mass is 10.1. The number of hydrogen-bond donors (Lipinski definition) is 1. The number of ether oxygens (including phenoxy) is 4. The van der Waals surface area contributed by atoms with Gasteiger partial charge < -0.3 is 24.1 Å². The smallest absolute Gasteiger partial charge is 0.186 e. The normalized spacial score (nSPS) is 40.2. The molecule has 0 aromatic rings. The Kier molecular flexibility index (Phi) is 4.05. The number of aliphatic hydroxyl groups excluding tert-OH is 1. The molecule has 2 saturated heterocycles. The lowest BCUT2D eigenvalue weighted by molar-refractivity contribution is -0.251. The van der Waals surface area contributed by atoms with Crippen molar-refractivity contribution >= 4 is 0 Å². The summed E-state index contributed by atoms with van der Waals surface area (Å²) in [5.74, 6) is -0.655. The number of hydrogen-bond acceptors (Lipinski definition) is 5. The van der Waals surface area contributed by atoms with E-state index in [1.54, 1.807) is 0 Å². The second-order valence-corrected chi connectivity index (χ2v) is 5.06. The minimum Gasteiger partial charge on any atom is -0.385 e. The Labute approximate surface area is 102 Å². The van der Waals surface area contributed by atoms with Crippen LogP contribution in [0.4, 0.5) is 0 Å². The molecule has 0 aliphatic carbocycles. The zero-order chi connectivity index (χ0) is 12.5. The lowest BCUT2D eigenvalue weighted by Crippen LogP contribution is -2.52. The summed E-state index contributed by atoms with van der Waals surface area (Å²) in [5.41, 5.74) is 0. The molecule has 2 aliphatic heterocycles. The Balaban J connectivity index is 1.89. The molecule has 2 rings (SSSR count). The van der Waals surface area contributed by atoms with E-state index in [0.29, 0.717) is 13.2 Å². The van der Waals surface area contributed by atoms with Crippen molar-refractivity contribution in [3.05, 3.63) is 0 Å². The minimum atomic E-state index is -0.785. The highest BCUT2D eigenvalue weighted by molar-refractivity contribution is 4.91. The first-order valence-electron chi connectivity index (χ1n) is 6.30. The SMILES string of the molecule is CCCCO[C@H]1OC[C@@H]2OC(C)(C)O[C@@H]2[C@H]1O. The molecular formula is C12H22O5. The van der Waals surface area contributed by atoms with Crippen LogP contribution in [0.2, 0.25) is 0 Å². The van der Waals surface area contributed by atoms with E-state index in [1.807, 2.05) is 13.8 Å². The van der Waals surface area contributed by atoms with Gasteiger partial charge in [0.05, 0.1) is 6.61 Å². The van der Waals surface area contributed by atoms with E-state index in [1.165, 1.54) is 0 Å². The molecule has 5 heteroatoms. The maximum absolute atomic E-state index is 10.1. The summed E-state index contributed by atoms with van der Waals surface area (Å²) in [6.45, 7) is 6.77. The van der Waals surface area contributed by atoms with Gasteiger partial charge in [-0.25, -0.2) is 0 Å². The third kappa shape index (κ3) is 2.98. The summed E-state index contributed by atoms with van der Waals surface area (Å²) in [6.07, 6.45) is 0.0782. The largest absolute Gasteiger partial charge is 0.385 e. The monoisotopic (exact) mass is 246 g/mol. The van der Waals surface area contributed by atoms with Gasteiger partial charge in [0.2, 0.25) is 0 Å². The van der Waals surface area contributed by atoms with Crippen LogP contribution in [0.25, 0.3) is 0 Å². The zero-order valence-electron chi connectivity index (χ0n) is 10.7. The number of fused-ring (bicyclic) bond motifs is 1. The summed E-state index contributed by atoms with van der Waals surface area (Å²) in [4.78, 5) is 0. The molecule has 0 unspecified atom stereocenters. The first-order valence-corrected chi connectivity index (χ1v) is 6.30. The van der Waals surface area contributed by atoms with E-state index in [4.69, 9.17) is 18.9 Å². The van der Waals surface area contributed by atoms with Crippen molar-refractivity contribution in [2.24, 2.45) is 0 Å². The van der Waals surface area contributed by atoms with E-state index in [0.717, 1.165) is 12.8 Å². The Bertz CT molecular complexity index is 255. The van der Waals surface area contributed by atoms with Gasteiger partial charge in [-0.15, -0.1) is 0 Å². The molecule has 0 aromatic heterocycles. The molecule has 100 valence electrons. The standard InChI is InChI=1S/C12H22O5/c1-4-5-6-14-11-9(13)10-8(7-15-11)16-12(2,3)17-10/h8-11,13H,4-7H2,1-3H3/t8-,9+,10-,11-/m0/s1. The van der Waals surface area contributed by atoms with E-state index in [-0.39, 0.29) is 12.2 Å². The predicted molar refractivity (Wildman–Crippen MR) is 60.4 cm³/mol. The summed E-state index contributed by atoms with van der Waals surface area (Å²) >= 11 is 0. The van der Waals surface area contributed by atoms with E-state index in [2.05, 4.69) is 6.92 Å². The van der Waals surface area contributed by atoms with Crippen molar-refractivity contribution in [3.8, 4) is 0 Å². The minimum absolute atomic E-state index is 0.203. The Morgan fingerprint density at radius 3 is 2.82 bits per heavy atom. The average molecular weight is 246 g/mol. The second kappa shape index (κ2) is 5.20. The summed E-state index contributed by atoms with van der Waals surface area (Å²) in [6, 6.07) is 0. The van der Waals surface area contributed by atoms with Gasteiger partial charge >= 0.3 is 0 Å². The van der Waals surface area contributed by atoms with Gasteiger partial charge in [0.15, 0.2) is 12.1 Å². The highest BCUT2D eigenvalue weighted by Crippen LogP contribution is 2.34. The van der Waals surface area contributed by atoms with Gasteiger partial charge in [0, 0.05) is 6.61 Å². The summed E-state index contributed by atoms with van der Waals surface area (Å²) in [7, 11) is 0. The van der Waals surface area contributed by atoms with E-state index in [9.17, 15) is 5.11 Å². The van der Waals surface area contributed by atoms with Gasteiger partial charge in [-0.3, -0.25) is 0 Å². The first-order chi connectivity index (χ1) is 8.03. The van der Waals surface area contributed by atoms with Gasteiger partial charge in [-0.05, 0) is 20.3 Å². The van der Waals surface area contributed by atoms with Crippen LogP contribution < -0.4 is 0 Å². The fraction of sp³-hybridized carbons (Fsp3) is 1.00. The molecule has 0 bridgehead atoms. The van der Waals surface area contributed by atoms with Crippen molar-refractivity contribution in [2.75, 3.05) is 13.2 Å². The quantitative estimate of drug-likeness (QED) is 0.751. The number of unbranched alkanes of at least 4 members (excludes halogenated alkanes) is 1. The second-order valence-electron chi connectivity index (χ2n) is 5.06. The first kappa shape index (κ1) is 13.2. The summed E-state index contributed by atoms with van der Waals surface area (Å²) < 4.78 is 22.3. The van der Waals surface area contributed by atoms with Gasteiger partial charge in [0.25, 0.3) is 0 Å². The van der Waals surface area contributed by atoms with E-state index >= 15 is 0 Å². The fourth-order valence-electron chi connectivity index (χ4n) is 2.22.